The normalized spacial score (nSPS) is 12.8. The van der Waals surface area contributed by atoms with E-state index in [-0.39, 0.29) is 6.61 Å². The van der Waals surface area contributed by atoms with Crippen LogP contribution in [0.3, 0.4) is 0 Å². The van der Waals surface area contributed by atoms with Gasteiger partial charge in [0.2, 0.25) is 5.89 Å². The third-order valence-corrected chi connectivity index (χ3v) is 4.68. The summed E-state index contributed by atoms with van der Waals surface area (Å²) >= 11 is 6.34. The van der Waals surface area contributed by atoms with Gasteiger partial charge in [0.1, 0.15) is 0 Å². The van der Waals surface area contributed by atoms with E-state index in [0.717, 1.165) is 8.66 Å². The van der Waals surface area contributed by atoms with E-state index in [2.05, 4.69) is 26.1 Å². The predicted octanol–water partition coefficient (Wildman–Crippen LogP) is 2.15. The molecule has 0 aromatic carbocycles. The second kappa shape index (κ2) is 6.67. The van der Waals surface area contributed by atoms with E-state index in [9.17, 15) is 5.11 Å². The van der Waals surface area contributed by atoms with Crippen LogP contribution in [0.1, 0.15) is 5.89 Å². The number of thiophene rings is 1. The summed E-state index contributed by atoms with van der Waals surface area (Å²) < 4.78 is 6.51. The minimum absolute atomic E-state index is 0.231. The van der Waals surface area contributed by atoms with Crippen molar-refractivity contribution in [3.63, 3.8) is 0 Å². The van der Waals surface area contributed by atoms with Gasteiger partial charge in [-0.1, -0.05) is 0 Å². The lowest BCUT2D eigenvalue weighted by atomic mass is 10.4. The number of hydrogen-bond acceptors (Lipinski definition) is 7. The molecule has 0 saturated heterocycles. The second-order valence-electron chi connectivity index (χ2n) is 3.46. The quantitative estimate of drug-likeness (QED) is 0.830. The summed E-state index contributed by atoms with van der Waals surface area (Å²) in [6.07, 6.45) is -0.703. The molecule has 0 aliphatic carbocycles. The van der Waals surface area contributed by atoms with Crippen LogP contribution in [0.5, 0.6) is 0 Å². The van der Waals surface area contributed by atoms with Gasteiger partial charge in [-0.3, -0.25) is 0 Å². The Morgan fingerprint density at radius 2 is 2.28 bits per heavy atom. The van der Waals surface area contributed by atoms with Gasteiger partial charge in [0.15, 0.2) is 0 Å². The summed E-state index contributed by atoms with van der Waals surface area (Å²) in [5.74, 6) is 1.99. The van der Waals surface area contributed by atoms with Crippen LogP contribution in [0.2, 0.25) is 0 Å². The van der Waals surface area contributed by atoms with E-state index in [1.807, 2.05) is 12.1 Å². The Bertz CT molecular complexity index is 503. The lowest BCUT2D eigenvalue weighted by Gasteiger charge is -2.03. The van der Waals surface area contributed by atoms with Crippen molar-refractivity contribution in [1.82, 2.24) is 10.2 Å². The zero-order chi connectivity index (χ0) is 13.0. The zero-order valence-corrected chi connectivity index (χ0v) is 12.5. The highest BCUT2D eigenvalue weighted by Gasteiger charge is 2.11. The number of hydrogen-bond donors (Lipinski definition) is 2. The first-order valence-electron chi connectivity index (χ1n) is 5.14. The first-order valence-corrected chi connectivity index (χ1v) is 7.90. The SMILES string of the molecule is OCC(O)CSCc1nnc(-c2ccc(Br)s2)o1. The Balaban J connectivity index is 1.90. The van der Waals surface area contributed by atoms with Crippen LogP contribution in [0.15, 0.2) is 20.3 Å². The average molecular weight is 351 g/mol. The van der Waals surface area contributed by atoms with Crippen molar-refractivity contribution in [1.29, 1.82) is 0 Å². The Morgan fingerprint density at radius 3 is 2.94 bits per heavy atom. The lowest BCUT2D eigenvalue weighted by Crippen LogP contribution is -2.14. The molecule has 2 rings (SSSR count). The smallest absolute Gasteiger partial charge is 0.257 e. The van der Waals surface area contributed by atoms with E-state index in [0.29, 0.717) is 23.3 Å². The van der Waals surface area contributed by atoms with E-state index < -0.39 is 6.10 Å². The maximum atomic E-state index is 9.18. The lowest BCUT2D eigenvalue weighted by molar-refractivity contribution is 0.113. The van der Waals surface area contributed by atoms with Crippen LogP contribution in [0, 0.1) is 0 Å². The van der Waals surface area contributed by atoms with Crippen LogP contribution in [-0.4, -0.2) is 38.9 Å². The summed E-state index contributed by atoms with van der Waals surface area (Å²) in [5.41, 5.74) is 0. The van der Waals surface area contributed by atoms with Gasteiger partial charge in [0, 0.05) is 5.75 Å². The van der Waals surface area contributed by atoms with Gasteiger partial charge in [0.25, 0.3) is 5.89 Å². The highest BCUT2D eigenvalue weighted by atomic mass is 79.9. The highest BCUT2D eigenvalue weighted by molar-refractivity contribution is 9.11. The molecular weight excluding hydrogens is 340 g/mol. The maximum absolute atomic E-state index is 9.18. The Kier molecular flexibility index (Phi) is 5.19. The fraction of sp³-hybridized carbons (Fsp3) is 0.400. The summed E-state index contributed by atoms with van der Waals surface area (Å²) in [6, 6.07) is 3.84. The van der Waals surface area contributed by atoms with E-state index in [1.165, 1.54) is 23.1 Å². The number of halogens is 1. The van der Waals surface area contributed by atoms with E-state index >= 15 is 0 Å². The number of thioether (sulfide) groups is 1. The fourth-order valence-electron chi connectivity index (χ4n) is 1.18. The number of aromatic nitrogens is 2. The molecule has 0 aliphatic heterocycles. The average Bonchev–Trinajstić information content (AvgIpc) is 2.97. The molecule has 18 heavy (non-hydrogen) atoms. The van der Waals surface area contributed by atoms with Crippen LogP contribution < -0.4 is 0 Å². The van der Waals surface area contributed by atoms with Gasteiger partial charge >= 0.3 is 0 Å². The molecule has 2 aromatic rings. The molecule has 0 amide bonds. The minimum Gasteiger partial charge on any atom is -0.419 e. The molecule has 2 N–H and O–H groups in total. The summed E-state index contributed by atoms with van der Waals surface area (Å²) in [7, 11) is 0. The van der Waals surface area contributed by atoms with Crippen LogP contribution in [0.25, 0.3) is 10.8 Å². The van der Waals surface area contributed by atoms with Gasteiger partial charge < -0.3 is 14.6 Å². The third-order valence-electron chi connectivity index (χ3n) is 2.00. The molecule has 98 valence electrons. The monoisotopic (exact) mass is 350 g/mol. The maximum Gasteiger partial charge on any atom is 0.257 e. The van der Waals surface area contributed by atoms with Gasteiger partial charge in [-0.15, -0.1) is 33.3 Å². The van der Waals surface area contributed by atoms with Gasteiger partial charge in [0.05, 0.1) is 27.1 Å². The number of aliphatic hydroxyl groups excluding tert-OH is 2. The minimum atomic E-state index is -0.703. The Labute approximate surface area is 120 Å². The van der Waals surface area contributed by atoms with Gasteiger partial charge in [-0.2, -0.15) is 0 Å². The molecule has 1 atom stereocenters. The van der Waals surface area contributed by atoms with Crippen LogP contribution in [0.4, 0.5) is 0 Å². The fourth-order valence-corrected chi connectivity index (χ4v) is 3.27. The molecule has 0 spiro atoms. The zero-order valence-electron chi connectivity index (χ0n) is 9.24. The molecule has 8 heteroatoms. The van der Waals surface area contributed by atoms with Crippen molar-refractivity contribution in [3.05, 3.63) is 21.8 Å². The molecule has 5 nitrogen and oxygen atoms in total. The van der Waals surface area contributed by atoms with Gasteiger partial charge in [-0.25, -0.2) is 0 Å². The molecule has 0 aliphatic rings. The highest BCUT2D eigenvalue weighted by Crippen LogP contribution is 2.30. The predicted molar refractivity (Wildman–Crippen MR) is 74.6 cm³/mol. The molecular formula is C10H11BrN2O3S2. The number of rotatable bonds is 6. The van der Waals surface area contributed by atoms with Crippen molar-refractivity contribution in [2.45, 2.75) is 11.9 Å². The van der Waals surface area contributed by atoms with Crippen molar-refractivity contribution in [2.24, 2.45) is 0 Å². The molecule has 0 radical (unpaired) electrons. The van der Waals surface area contributed by atoms with Gasteiger partial charge in [-0.05, 0) is 28.1 Å². The molecule has 0 fully saturated rings. The van der Waals surface area contributed by atoms with Crippen molar-refractivity contribution >= 4 is 39.0 Å². The largest absolute Gasteiger partial charge is 0.419 e. The second-order valence-corrected chi connectivity index (χ2v) is 6.95. The molecule has 2 heterocycles. The molecule has 2 aromatic heterocycles. The molecule has 0 bridgehead atoms. The van der Waals surface area contributed by atoms with Crippen LogP contribution in [-0.2, 0) is 5.75 Å². The standard InChI is InChI=1S/C10H11BrN2O3S2/c11-8-2-1-7(18-8)10-13-12-9(16-10)5-17-4-6(15)3-14/h1-2,6,14-15H,3-5H2. The van der Waals surface area contributed by atoms with Crippen LogP contribution >= 0.6 is 39.0 Å². The third kappa shape index (κ3) is 3.79. The first kappa shape index (κ1) is 14.0. The first-order chi connectivity index (χ1) is 8.69. The summed E-state index contributed by atoms with van der Waals surface area (Å²) in [5, 5.41) is 25.7. The van der Waals surface area contributed by atoms with E-state index in [4.69, 9.17) is 9.52 Å². The summed E-state index contributed by atoms with van der Waals surface area (Å²) in [6.45, 7) is -0.231. The van der Waals surface area contributed by atoms with E-state index in [1.54, 1.807) is 0 Å². The molecule has 0 saturated carbocycles. The van der Waals surface area contributed by atoms with Crippen molar-refractivity contribution in [3.8, 4) is 10.8 Å². The summed E-state index contributed by atoms with van der Waals surface area (Å²) in [4.78, 5) is 0.918. The topological polar surface area (TPSA) is 79.4 Å². The van der Waals surface area contributed by atoms with Crippen molar-refractivity contribution in [2.75, 3.05) is 12.4 Å². The number of aliphatic hydroxyl groups is 2. The Morgan fingerprint density at radius 1 is 1.44 bits per heavy atom. The number of nitrogens with zero attached hydrogens (tertiary/aromatic N) is 2. The molecule has 1 unspecified atom stereocenters. The van der Waals surface area contributed by atoms with Crippen molar-refractivity contribution < 1.29 is 14.6 Å². The Hall–Kier alpha value is -0.410.